The molecule has 2 aromatic rings. The maximum atomic E-state index is 10.1. The van der Waals surface area contributed by atoms with Gasteiger partial charge in [0.25, 0.3) is 0 Å². The van der Waals surface area contributed by atoms with Crippen LogP contribution in [0.25, 0.3) is 10.9 Å². The van der Waals surface area contributed by atoms with Crippen LogP contribution in [0.2, 0.25) is 0 Å². The minimum absolute atomic E-state index is 0.161. The first-order valence-corrected chi connectivity index (χ1v) is 6.94. The first kappa shape index (κ1) is 13.8. The van der Waals surface area contributed by atoms with Gasteiger partial charge in [-0.05, 0) is 37.1 Å². The average Bonchev–Trinajstić information content (AvgIpc) is 2.45. The lowest BCUT2D eigenvalue weighted by atomic mass is 10.1. The molecule has 2 unspecified atom stereocenters. The van der Waals surface area contributed by atoms with Gasteiger partial charge in [-0.3, -0.25) is 4.98 Å². The van der Waals surface area contributed by atoms with E-state index in [1.807, 2.05) is 37.3 Å². The molecule has 0 saturated heterocycles. The van der Waals surface area contributed by atoms with E-state index >= 15 is 0 Å². The number of fused-ring (bicyclic) bond motifs is 1. The molecule has 3 heteroatoms. The Kier molecular flexibility index (Phi) is 4.74. The van der Waals surface area contributed by atoms with Crippen LogP contribution in [-0.2, 0) is 0 Å². The molecule has 1 aromatic heterocycles. The molecule has 102 valence electrons. The Morgan fingerprint density at radius 2 is 2.05 bits per heavy atom. The molecule has 0 radical (unpaired) electrons. The predicted octanol–water partition coefficient (Wildman–Crippen LogP) is 3.55. The third kappa shape index (κ3) is 3.24. The summed E-state index contributed by atoms with van der Waals surface area (Å²) < 4.78 is 6.00. The molecule has 19 heavy (non-hydrogen) atoms. The van der Waals surface area contributed by atoms with E-state index in [2.05, 4.69) is 11.9 Å². The fourth-order valence-electron chi connectivity index (χ4n) is 2.26. The number of ether oxygens (including phenoxy) is 1. The highest BCUT2D eigenvalue weighted by Crippen LogP contribution is 2.26. The summed E-state index contributed by atoms with van der Waals surface area (Å²) in [5.41, 5.74) is 0.917. The van der Waals surface area contributed by atoms with Crippen molar-refractivity contribution in [1.29, 1.82) is 0 Å². The molecule has 0 aliphatic carbocycles. The third-order valence-electron chi connectivity index (χ3n) is 3.30. The van der Waals surface area contributed by atoms with Crippen LogP contribution < -0.4 is 4.74 Å². The van der Waals surface area contributed by atoms with E-state index in [4.69, 9.17) is 4.74 Å². The van der Waals surface area contributed by atoms with Gasteiger partial charge in [-0.2, -0.15) is 0 Å². The van der Waals surface area contributed by atoms with Crippen LogP contribution in [-0.4, -0.2) is 22.3 Å². The van der Waals surface area contributed by atoms with Crippen LogP contribution >= 0.6 is 0 Å². The summed E-state index contributed by atoms with van der Waals surface area (Å²) in [6, 6.07) is 9.73. The van der Waals surface area contributed by atoms with Crippen molar-refractivity contribution in [2.24, 2.45) is 0 Å². The average molecular weight is 259 g/mol. The van der Waals surface area contributed by atoms with Gasteiger partial charge in [0, 0.05) is 11.6 Å². The number of aromatic nitrogens is 1. The Labute approximate surface area is 114 Å². The van der Waals surface area contributed by atoms with Crippen molar-refractivity contribution in [2.75, 3.05) is 0 Å². The molecule has 0 aliphatic rings. The Morgan fingerprint density at radius 3 is 2.79 bits per heavy atom. The van der Waals surface area contributed by atoms with Gasteiger partial charge in [-0.25, -0.2) is 0 Å². The maximum Gasteiger partial charge on any atom is 0.129 e. The van der Waals surface area contributed by atoms with Gasteiger partial charge in [0.05, 0.1) is 11.6 Å². The summed E-state index contributed by atoms with van der Waals surface area (Å²) >= 11 is 0. The molecule has 0 fully saturated rings. The summed E-state index contributed by atoms with van der Waals surface area (Å²) in [4.78, 5) is 4.31. The number of benzene rings is 1. The van der Waals surface area contributed by atoms with Crippen LogP contribution in [0.4, 0.5) is 0 Å². The van der Waals surface area contributed by atoms with E-state index in [0.29, 0.717) is 0 Å². The second-order valence-electron chi connectivity index (χ2n) is 4.75. The number of hydrogen-bond acceptors (Lipinski definition) is 3. The Morgan fingerprint density at radius 1 is 1.21 bits per heavy atom. The van der Waals surface area contributed by atoms with Crippen molar-refractivity contribution in [3.63, 3.8) is 0 Å². The number of nitrogens with zero attached hydrogens (tertiary/aromatic N) is 1. The molecular formula is C16H21NO2. The van der Waals surface area contributed by atoms with E-state index in [9.17, 15) is 5.11 Å². The fraction of sp³-hybridized carbons (Fsp3) is 0.438. The quantitative estimate of drug-likeness (QED) is 0.862. The van der Waals surface area contributed by atoms with Crippen molar-refractivity contribution in [3.05, 3.63) is 36.5 Å². The number of hydrogen-bond donors (Lipinski definition) is 1. The van der Waals surface area contributed by atoms with Gasteiger partial charge in [0.15, 0.2) is 0 Å². The van der Waals surface area contributed by atoms with Crippen molar-refractivity contribution >= 4 is 10.9 Å². The molecule has 2 atom stereocenters. The lowest BCUT2D eigenvalue weighted by molar-refractivity contribution is 0.0293. The molecule has 0 saturated carbocycles. The SMILES string of the molecule is CCCC(O)C(CC)Oc1cccc2ncccc12. The van der Waals surface area contributed by atoms with Crippen molar-refractivity contribution in [3.8, 4) is 5.75 Å². The lowest BCUT2D eigenvalue weighted by Gasteiger charge is -2.23. The van der Waals surface area contributed by atoms with Crippen LogP contribution in [0.15, 0.2) is 36.5 Å². The van der Waals surface area contributed by atoms with Gasteiger partial charge < -0.3 is 9.84 Å². The predicted molar refractivity (Wildman–Crippen MR) is 77.4 cm³/mol. The molecule has 0 aliphatic heterocycles. The lowest BCUT2D eigenvalue weighted by Crippen LogP contribution is -2.31. The smallest absolute Gasteiger partial charge is 0.129 e. The molecule has 0 bridgehead atoms. The second kappa shape index (κ2) is 6.53. The summed E-state index contributed by atoms with van der Waals surface area (Å²) in [5.74, 6) is 0.799. The van der Waals surface area contributed by atoms with E-state index in [1.54, 1.807) is 6.20 Å². The van der Waals surface area contributed by atoms with Gasteiger partial charge >= 0.3 is 0 Å². The first-order chi connectivity index (χ1) is 9.26. The highest BCUT2D eigenvalue weighted by molar-refractivity contribution is 5.84. The highest BCUT2D eigenvalue weighted by atomic mass is 16.5. The molecular weight excluding hydrogens is 238 g/mol. The van der Waals surface area contributed by atoms with Crippen LogP contribution in [0.3, 0.4) is 0 Å². The standard InChI is InChI=1S/C16H21NO2/c1-3-7-14(18)15(4-2)19-16-10-5-9-13-12(16)8-6-11-17-13/h5-6,8-11,14-15,18H,3-4,7H2,1-2H3. The minimum atomic E-state index is -0.415. The largest absolute Gasteiger partial charge is 0.487 e. The Bertz CT molecular complexity index is 522. The molecule has 1 N–H and O–H groups in total. The number of rotatable bonds is 6. The zero-order valence-corrected chi connectivity index (χ0v) is 11.5. The van der Waals surface area contributed by atoms with E-state index < -0.39 is 6.10 Å². The molecule has 1 aromatic carbocycles. The minimum Gasteiger partial charge on any atom is -0.487 e. The van der Waals surface area contributed by atoms with Gasteiger partial charge in [-0.15, -0.1) is 0 Å². The van der Waals surface area contributed by atoms with Crippen LogP contribution in [0, 0.1) is 0 Å². The monoisotopic (exact) mass is 259 g/mol. The molecule has 1 heterocycles. The highest BCUT2D eigenvalue weighted by Gasteiger charge is 2.19. The topological polar surface area (TPSA) is 42.4 Å². The second-order valence-corrected chi connectivity index (χ2v) is 4.75. The van der Waals surface area contributed by atoms with E-state index in [0.717, 1.165) is 35.9 Å². The number of aliphatic hydroxyl groups excluding tert-OH is 1. The fourth-order valence-corrected chi connectivity index (χ4v) is 2.26. The van der Waals surface area contributed by atoms with E-state index in [-0.39, 0.29) is 6.10 Å². The van der Waals surface area contributed by atoms with Gasteiger partial charge in [-0.1, -0.05) is 26.3 Å². The normalized spacial score (nSPS) is 14.3. The molecule has 0 amide bonds. The van der Waals surface area contributed by atoms with Crippen LogP contribution in [0.1, 0.15) is 33.1 Å². The van der Waals surface area contributed by atoms with Gasteiger partial charge in [0.2, 0.25) is 0 Å². The summed E-state index contributed by atoms with van der Waals surface area (Å²) in [7, 11) is 0. The van der Waals surface area contributed by atoms with Crippen molar-refractivity contribution in [1.82, 2.24) is 4.98 Å². The Hall–Kier alpha value is -1.61. The summed E-state index contributed by atoms with van der Waals surface area (Å²) in [5, 5.41) is 11.1. The number of pyridine rings is 1. The van der Waals surface area contributed by atoms with Crippen molar-refractivity contribution < 1.29 is 9.84 Å². The molecule has 2 rings (SSSR count). The first-order valence-electron chi connectivity index (χ1n) is 6.94. The zero-order valence-electron chi connectivity index (χ0n) is 11.5. The Balaban J connectivity index is 2.24. The third-order valence-corrected chi connectivity index (χ3v) is 3.30. The molecule has 0 spiro atoms. The van der Waals surface area contributed by atoms with Crippen LogP contribution in [0.5, 0.6) is 5.75 Å². The molecule has 3 nitrogen and oxygen atoms in total. The maximum absolute atomic E-state index is 10.1. The van der Waals surface area contributed by atoms with Crippen molar-refractivity contribution in [2.45, 2.75) is 45.3 Å². The number of aliphatic hydroxyl groups is 1. The zero-order chi connectivity index (χ0) is 13.7. The van der Waals surface area contributed by atoms with Gasteiger partial charge in [0.1, 0.15) is 11.9 Å². The summed E-state index contributed by atoms with van der Waals surface area (Å²) in [6.45, 7) is 4.10. The summed E-state index contributed by atoms with van der Waals surface area (Å²) in [6.07, 6.45) is 3.71. The van der Waals surface area contributed by atoms with E-state index in [1.165, 1.54) is 0 Å².